The van der Waals surface area contributed by atoms with Crippen molar-refractivity contribution < 1.29 is 14.3 Å². The summed E-state index contributed by atoms with van der Waals surface area (Å²) in [5.41, 5.74) is 3.16. The van der Waals surface area contributed by atoms with Crippen LogP contribution in [0.25, 0.3) is 0 Å². The number of carbonyl (C=O) groups is 1. The summed E-state index contributed by atoms with van der Waals surface area (Å²) in [7, 11) is 3.25. The number of amides is 1. The summed E-state index contributed by atoms with van der Waals surface area (Å²) < 4.78 is 11.2. The van der Waals surface area contributed by atoms with Gasteiger partial charge in [-0.1, -0.05) is 6.58 Å². The fourth-order valence-corrected chi connectivity index (χ4v) is 4.66. The number of aromatic nitrogens is 2. The molecule has 1 amide bonds. The summed E-state index contributed by atoms with van der Waals surface area (Å²) in [4.78, 5) is 25.7. The van der Waals surface area contributed by atoms with E-state index in [9.17, 15) is 4.79 Å². The summed E-state index contributed by atoms with van der Waals surface area (Å²) in [5, 5.41) is 9.26. The molecule has 2 aromatic carbocycles. The van der Waals surface area contributed by atoms with Crippen LogP contribution in [0.1, 0.15) is 12.8 Å². The zero-order valence-electron chi connectivity index (χ0n) is 22.4. The van der Waals surface area contributed by atoms with E-state index < -0.39 is 0 Å². The van der Waals surface area contributed by atoms with E-state index in [1.165, 1.54) is 25.5 Å². The van der Waals surface area contributed by atoms with Crippen LogP contribution in [0, 0.1) is 5.92 Å². The third-order valence-electron chi connectivity index (χ3n) is 6.95. The highest BCUT2D eigenvalue weighted by molar-refractivity contribution is 5.99. The molecule has 0 spiro atoms. The summed E-state index contributed by atoms with van der Waals surface area (Å²) in [6.45, 7) is 8.98. The second-order valence-corrected chi connectivity index (χ2v) is 9.74. The third-order valence-corrected chi connectivity index (χ3v) is 6.95. The maximum atomic E-state index is 11.7. The number of hydrogen-bond acceptors (Lipinski definition) is 9. The van der Waals surface area contributed by atoms with Crippen LogP contribution >= 0.6 is 0 Å². The summed E-state index contributed by atoms with van der Waals surface area (Å²) in [5.74, 6) is 2.92. The number of methoxy groups -OCH3 is 2. The SMILES string of the molecule is C=CC(=O)Nc1ccc(OC)c(Nc2nccc(Nc3ccc(N4CCN(CC5CC5)CC4)cc3OC)n2)c1. The minimum Gasteiger partial charge on any atom is -0.495 e. The molecular formula is C29H35N7O3. The second-order valence-electron chi connectivity index (χ2n) is 9.74. The van der Waals surface area contributed by atoms with Gasteiger partial charge < -0.3 is 30.3 Å². The molecule has 10 nitrogen and oxygen atoms in total. The molecule has 204 valence electrons. The minimum absolute atomic E-state index is 0.302. The highest BCUT2D eigenvalue weighted by Crippen LogP contribution is 2.34. The van der Waals surface area contributed by atoms with Crippen LogP contribution in [0.15, 0.2) is 61.3 Å². The molecule has 0 radical (unpaired) electrons. The highest BCUT2D eigenvalue weighted by Gasteiger charge is 2.26. The van der Waals surface area contributed by atoms with Gasteiger partial charge in [0.05, 0.1) is 25.6 Å². The monoisotopic (exact) mass is 529 g/mol. The Bertz CT molecular complexity index is 1320. The van der Waals surface area contributed by atoms with Crippen molar-refractivity contribution in [3.8, 4) is 11.5 Å². The molecule has 2 fully saturated rings. The Balaban J connectivity index is 1.27. The van der Waals surface area contributed by atoms with Crippen molar-refractivity contribution in [2.75, 3.05) is 67.8 Å². The first kappa shape index (κ1) is 26.3. The molecule has 0 unspecified atom stereocenters. The van der Waals surface area contributed by atoms with Crippen LogP contribution in [0.5, 0.6) is 11.5 Å². The molecule has 0 atom stereocenters. The first-order valence-electron chi connectivity index (χ1n) is 13.2. The number of benzene rings is 2. The number of anilines is 6. The maximum Gasteiger partial charge on any atom is 0.247 e. The third kappa shape index (κ3) is 6.77. The van der Waals surface area contributed by atoms with E-state index in [1.807, 2.05) is 6.07 Å². The average molecular weight is 530 g/mol. The topological polar surface area (TPSA) is 104 Å². The van der Waals surface area contributed by atoms with Crippen LogP contribution < -0.4 is 30.3 Å². The van der Waals surface area contributed by atoms with Crippen molar-refractivity contribution in [1.82, 2.24) is 14.9 Å². The van der Waals surface area contributed by atoms with Crippen LogP contribution in [0.2, 0.25) is 0 Å². The Morgan fingerprint density at radius 1 is 1.00 bits per heavy atom. The van der Waals surface area contributed by atoms with E-state index in [-0.39, 0.29) is 5.91 Å². The number of ether oxygens (including phenoxy) is 2. The van der Waals surface area contributed by atoms with Crippen LogP contribution in [0.3, 0.4) is 0 Å². The van der Waals surface area contributed by atoms with Crippen molar-refractivity contribution in [3.63, 3.8) is 0 Å². The molecular weight excluding hydrogens is 494 g/mol. The Kier molecular flexibility index (Phi) is 8.12. The number of carbonyl (C=O) groups excluding carboxylic acids is 1. The lowest BCUT2D eigenvalue weighted by Gasteiger charge is -2.36. The summed E-state index contributed by atoms with van der Waals surface area (Å²) in [6.07, 6.45) is 5.67. The molecule has 39 heavy (non-hydrogen) atoms. The second kappa shape index (κ2) is 12.0. The van der Waals surface area contributed by atoms with E-state index in [2.05, 4.69) is 54.4 Å². The molecule has 5 rings (SSSR count). The van der Waals surface area contributed by atoms with Gasteiger partial charge in [0.2, 0.25) is 11.9 Å². The normalized spacial score (nSPS) is 15.4. The molecule has 10 heteroatoms. The van der Waals surface area contributed by atoms with Gasteiger partial charge in [0.25, 0.3) is 0 Å². The molecule has 1 aromatic heterocycles. The van der Waals surface area contributed by atoms with Gasteiger partial charge in [0, 0.05) is 56.4 Å². The molecule has 1 aliphatic heterocycles. The van der Waals surface area contributed by atoms with Gasteiger partial charge in [-0.05, 0) is 61.2 Å². The fourth-order valence-electron chi connectivity index (χ4n) is 4.66. The van der Waals surface area contributed by atoms with Gasteiger partial charge in [-0.2, -0.15) is 4.98 Å². The quantitative estimate of drug-likeness (QED) is 0.307. The number of nitrogens with zero attached hydrogens (tertiary/aromatic N) is 4. The van der Waals surface area contributed by atoms with E-state index in [4.69, 9.17) is 9.47 Å². The lowest BCUT2D eigenvalue weighted by molar-refractivity contribution is -0.111. The smallest absolute Gasteiger partial charge is 0.247 e. The largest absolute Gasteiger partial charge is 0.495 e. The Hall–Kier alpha value is -4.31. The van der Waals surface area contributed by atoms with Crippen LogP contribution in [-0.4, -0.2) is 67.7 Å². The molecule has 2 aliphatic rings. The standard InChI is InChI=1S/C29H35N7O3/c1-4-28(37)31-21-7-10-25(38-2)24(17-21)33-29-30-12-11-27(34-29)32-23-9-8-22(18-26(23)39-3)36-15-13-35(14-16-36)19-20-5-6-20/h4,7-12,17-18,20H,1,5-6,13-16,19H2,2-3H3,(H,31,37)(H2,30,32,33,34). The van der Waals surface area contributed by atoms with Crippen molar-refractivity contribution >= 4 is 40.4 Å². The summed E-state index contributed by atoms with van der Waals surface area (Å²) >= 11 is 0. The molecule has 2 heterocycles. The van der Waals surface area contributed by atoms with Crippen molar-refractivity contribution in [3.05, 3.63) is 61.3 Å². The van der Waals surface area contributed by atoms with Gasteiger partial charge >= 0.3 is 0 Å². The van der Waals surface area contributed by atoms with Gasteiger partial charge in [0.15, 0.2) is 0 Å². The fraction of sp³-hybridized carbons (Fsp3) is 0.345. The Morgan fingerprint density at radius 2 is 1.79 bits per heavy atom. The molecule has 1 saturated heterocycles. The van der Waals surface area contributed by atoms with Gasteiger partial charge in [-0.15, -0.1) is 0 Å². The van der Waals surface area contributed by atoms with Crippen LogP contribution in [0.4, 0.5) is 34.5 Å². The van der Waals surface area contributed by atoms with E-state index in [1.54, 1.807) is 44.7 Å². The zero-order chi connectivity index (χ0) is 27.2. The predicted octanol–water partition coefficient (Wildman–Crippen LogP) is 4.64. The van der Waals surface area contributed by atoms with Crippen LogP contribution in [-0.2, 0) is 4.79 Å². The molecule has 1 aliphatic carbocycles. The van der Waals surface area contributed by atoms with Crippen molar-refractivity contribution in [2.45, 2.75) is 12.8 Å². The molecule has 3 N–H and O–H groups in total. The lowest BCUT2D eigenvalue weighted by atomic mass is 10.2. The molecule has 3 aromatic rings. The molecule has 0 bridgehead atoms. The maximum absolute atomic E-state index is 11.7. The van der Waals surface area contributed by atoms with Gasteiger partial charge in [0.1, 0.15) is 17.3 Å². The Morgan fingerprint density at radius 3 is 2.51 bits per heavy atom. The lowest BCUT2D eigenvalue weighted by Crippen LogP contribution is -2.47. The van der Waals surface area contributed by atoms with Crippen molar-refractivity contribution in [2.24, 2.45) is 5.92 Å². The average Bonchev–Trinajstić information content (AvgIpc) is 3.78. The van der Waals surface area contributed by atoms with E-state index in [0.29, 0.717) is 28.9 Å². The van der Waals surface area contributed by atoms with Gasteiger partial charge in [-0.25, -0.2) is 4.98 Å². The summed E-state index contributed by atoms with van der Waals surface area (Å²) in [6, 6.07) is 13.3. The highest BCUT2D eigenvalue weighted by atomic mass is 16.5. The van der Waals surface area contributed by atoms with E-state index in [0.717, 1.165) is 49.2 Å². The van der Waals surface area contributed by atoms with Crippen molar-refractivity contribution in [1.29, 1.82) is 0 Å². The van der Waals surface area contributed by atoms with Gasteiger partial charge in [-0.3, -0.25) is 9.69 Å². The predicted molar refractivity (Wildman–Crippen MR) is 155 cm³/mol. The molecule has 1 saturated carbocycles. The number of piperazine rings is 1. The Labute approximate surface area is 229 Å². The number of nitrogens with one attached hydrogen (secondary N) is 3. The first-order valence-corrected chi connectivity index (χ1v) is 13.2. The number of rotatable bonds is 11. The minimum atomic E-state index is -0.302. The zero-order valence-corrected chi connectivity index (χ0v) is 22.4. The first-order chi connectivity index (χ1) is 19.0. The number of hydrogen-bond donors (Lipinski definition) is 3. The van der Waals surface area contributed by atoms with E-state index >= 15 is 0 Å².